The zero-order chi connectivity index (χ0) is 23.5. The lowest BCUT2D eigenvalue weighted by Crippen LogP contribution is -1.97. The molecule has 0 aliphatic heterocycles. The van der Waals surface area contributed by atoms with Gasteiger partial charge in [-0.3, -0.25) is 9.79 Å². The first-order valence-electron chi connectivity index (χ1n) is 9.03. The molecule has 1 aromatic heterocycles. The number of phosphoric ester groups is 1. The Bertz CT molecular complexity index is 1130. The van der Waals surface area contributed by atoms with Gasteiger partial charge in [0.2, 0.25) is 11.5 Å². The number of rotatable bonds is 9. The summed E-state index contributed by atoms with van der Waals surface area (Å²) in [5.41, 5.74) is 1.84. The molecule has 0 spiro atoms. The Kier molecular flexibility index (Phi) is 7.15. The first-order valence-corrected chi connectivity index (χ1v) is 11.3. The number of aromatic nitrogens is 1. The van der Waals surface area contributed by atoms with E-state index < -0.39 is 7.82 Å². The lowest BCUT2D eigenvalue weighted by molar-refractivity contribution is 0.273. The number of hydrogen-bond donors (Lipinski definition) is 2. The van der Waals surface area contributed by atoms with E-state index in [0.717, 1.165) is 10.4 Å². The molecule has 2 N–H and O–H groups in total. The SMILES string of the molecule is COc1cc(-c2cc(-c3cc(OC)c(OC)c(OP(=O)(O)O)c3)ns2)cc(OC)c1OC. The van der Waals surface area contributed by atoms with Crippen LogP contribution in [0.1, 0.15) is 0 Å². The molecule has 3 rings (SSSR count). The van der Waals surface area contributed by atoms with E-state index in [4.69, 9.17) is 28.2 Å². The summed E-state index contributed by atoms with van der Waals surface area (Å²) in [7, 11) is 2.51. The molecule has 0 aliphatic rings. The number of phosphoric acid groups is 1. The smallest absolute Gasteiger partial charge is 0.493 e. The molecule has 0 fully saturated rings. The summed E-state index contributed by atoms with van der Waals surface area (Å²) >= 11 is 1.22. The monoisotopic (exact) mass is 483 g/mol. The number of nitrogens with zero attached hydrogens (tertiary/aromatic N) is 1. The zero-order valence-corrected chi connectivity index (χ0v) is 19.7. The highest BCUT2D eigenvalue weighted by Crippen LogP contribution is 2.48. The Morgan fingerprint density at radius 1 is 0.719 bits per heavy atom. The van der Waals surface area contributed by atoms with Gasteiger partial charge in [-0.1, -0.05) is 0 Å². The van der Waals surface area contributed by atoms with Gasteiger partial charge in [-0.15, -0.1) is 0 Å². The minimum atomic E-state index is -4.83. The van der Waals surface area contributed by atoms with Crippen LogP contribution in [0.2, 0.25) is 0 Å². The molecule has 0 radical (unpaired) electrons. The highest BCUT2D eigenvalue weighted by Gasteiger charge is 2.24. The standard InChI is InChI=1S/C20H22NO9PS/c1-25-14-6-11(7-17(20(14)29-5)30-31(22,23)24)13-10-18(32-21-13)12-8-15(26-2)19(28-4)16(9-12)27-3/h6-10H,1-5H3,(H2,22,23,24). The number of methoxy groups -OCH3 is 5. The lowest BCUT2D eigenvalue weighted by Gasteiger charge is -2.15. The van der Waals surface area contributed by atoms with E-state index >= 15 is 0 Å². The summed E-state index contributed by atoms with van der Waals surface area (Å²) in [5.74, 6) is 1.59. The quantitative estimate of drug-likeness (QED) is 0.432. The van der Waals surface area contributed by atoms with Crippen molar-refractivity contribution in [3.63, 3.8) is 0 Å². The van der Waals surface area contributed by atoms with Crippen molar-refractivity contribution < 1.29 is 42.6 Å². The molecule has 0 atom stereocenters. The average molecular weight is 483 g/mol. The van der Waals surface area contributed by atoms with Crippen molar-refractivity contribution in [2.45, 2.75) is 0 Å². The normalized spacial score (nSPS) is 11.1. The van der Waals surface area contributed by atoms with Crippen LogP contribution < -0.4 is 28.2 Å². The van der Waals surface area contributed by atoms with E-state index in [1.54, 1.807) is 18.2 Å². The van der Waals surface area contributed by atoms with Gasteiger partial charge in [-0.25, -0.2) is 4.57 Å². The van der Waals surface area contributed by atoms with Crippen molar-refractivity contribution in [3.8, 4) is 56.2 Å². The lowest BCUT2D eigenvalue weighted by atomic mass is 10.1. The number of benzene rings is 2. The Labute approximate surface area is 188 Å². The third kappa shape index (κ3) is 4.91. The minimum absolute atomic E-state index is 0.0552. The van der Waals surface area contributed by atoms with Crippen molar-refractivity contribution >= 4 is 19.4 Å². The van der Waals surface area contributed by atoms with Gasteiger partial charge in [0.1, 0.15) is 0 Å². The highest BCUT2D eigenvalue weighted by atomic mass is 32.1. The van der Waals surface area contributed by atoms with Gasteiger partial charge in [0.15, 0.2) is 23.0 Å². The molecule has 0 bridgehead atoms. The van der Waals surface area contributed by atoms with Crippen LogP contribution in [0.5, 0.6) is 34.5 Å². The molecule has 172 valence electrons. The molecular formula is C20H22NO9PS. The summed E-state index contributed by atoms with van der Waals surface area (Å²) in [6, 6.07) is 8.48. The molecule has 3 aromatic rings. The largest absolute Gasteiger partial charge is 0.524 e. The second-order valence-corrected chi connectivity index (χ2v) is 8.25. The van der Waals surface area contributed by atoms with Crippen LogP contribution in [-0.4, -0.2) is 49.7 Å². The molecular weight excluding hydrogens is 461 g/mol. The highest BCUT2D eigenvalue weighted by molar-refractivity contribution is 7.46. The first-order chi connectivity index (χ1) is 15.2. The van der Waals surface area contributed by atoms with Crippen LogP contribution in [0.3, 0.4) is 0 Å². The van der Waals surface area contributed by atoms with Gasteiger partial charge in [-0.05, 0) is 41.9 Å². The molecule has 12 heteroatoms. The Hall–Kier alpha value is -2.98. The van der Waals surface area contributed by atoms with Gasteiger partial charge in [0.05, 0.1) is 46.1 Å². The Morgan fingerprint density at radius 3 is 1.66 bits per heavy atom. The van der Waals surface area contributed by atoms with Crippen molar-refractivity contribution in [2.75, 3.05) is 35.5 Å². The summed E-state index contributed by atoms with van der Waals surface area (Å²) in [5, 5.41) is 0. The van der Waals surface area contributed by atoms with Crippen molar-refractivity contribution in [3.05, 3.63) is 30.3 Å². The van der Waals surface area contributed by atoms with Gasteiger partial charge >= 0.3 is 7.82 Å². The first kappa shape index (κ1) is 23.7. The van der Waals surface area contributed by atoms with Crippen molar-refractivity contribution in [2.24, 2.45) is 0 Å². The van der Waals surface area contributed by atoms with Gasteiger partial charge in [0, 0.05) is 11.1 Å². The fourth-order valence-electron chi connectivity index (χ4n) is 3.04. The van der Waals surface area contributed by atoms with Crippen molar-refractivity contribution in [1.29, 1.82) is 0 Å². The maximum Gasteiger partial charge on any atom is 0.524 e. The third-order valence-corrected chi connectivity index (χ3v) is 5.69. The average Bonchev–Trinajstić information content (AvgIpc) is 3.26. The predicted octanol–water partition coefficient (Wildman–Crippen LogP) is 3.99. The molecule has 32 heavy (non-hydrogen) atoms. The summed E-state index contributed by atoms with van der Waals surface area (Å²) < 4.78 is 47.3. The molecule has 1 heterocycles. The summed E-state index contributed by atoms with van der Waals surface area (Å²) in [4.78, 5) is 19.3. The number of hydrogen-bond acceptors (Lipinski definition) is 9. The van der Waals surface area contributed by atoms with Crippen LogP contribution in [0, 0.1) is 0 Å². The topological polar surface area (TPSA) is 126 Å². The zero-order valence-electron chi connectivity index (χ0n) is 17.9. The van der Waals surface area contributed by atoms with Crippen LogP contribution in [0.15, 0.2) is 30.3 Å². The fraction of sp³-hybridized carbons (Fsp3) is 0.250. The Morgan fingerprint density at radius 2 is 1.19 bits per heavy atom. The Balaban J connectivity index is 2.09. The summed E-state index contributed by atoms with van der Waals surface area (Å²) in [6.07, 6.45) is 0. The van der Waals surface area contributed by atoms with Gasteiger partial charge in [0.25, 0.3) is 0 Å². The van der Waals surface area contributed by atoms with Crippen molar-refractivity contribution in [1.82, 2.24) is 4.37 Å². The van der Waals surface area contributed by atoms with E-state index in [1.165, 1.54) is 53.1 Å². The maximum absolute atomic E-state index is 11.4. The molecule has 2 aromatic carbocycles. The third-order valence-electron chi connectivity index (χ3n) is 4.42. The van der Waals surface area contributed by atoms with Crippen LogP contribution in [0.25, 0.3) is 21.7 Å². The van der Waals surface area contributed by atoms with E-state index in [2.05, 4.69) is 4.37 Å². The maximum atomic E-state index is 11.4. The van der Waals surface area contributed by atoms with Crippen LogP contribution >= 0.6 is 19.4 Å². The van der Waals surface area contributed by atoms with Crippen LogP contribution in [0.4, 0.5) is 0 Å². The second-order valence-electron chi connectivity index (χ2n) is 6.28. The molecule has 0 amide bonds. The number of ether oxygens (including phenoxy) is 5. The van der Waals surface area contributed by atoms with Gasteiger partial charge in [-0.2, -0.15) is 4.37 Å². The summed E-state index contributed by atoms with van der Waals surface area (Å²) in [6.45, 7) is 0. The second kappa shape index (κ2) is 9.66. The predicted molar refractivity (Wildman–Crippen MR) is 118 cm³/mol. The molecule has 0 saturated heterocycles. The van der Waals surface area contributed by atoms with E-state index in [9.17, 15) is 14.4 Å². The van der Waals surface area contributed by atoms with Crippen LogP contribution in [-0.2, 0) is 4.57 Å². The minimum Gasteiger partial charge on any atom is -0.493 e. The fourth-order valence-corrected chi connectivity index (χ4v) is 4.18. The van der Waals surface area contributed by atoms with E-state index in [1.807, 2.05) is 6.07 Å². The molecule has 0 saturated carbocycles. The molecule has 0 aliphatic carbocycles. The molecule has 10 nitrogen and oxygen atoms in total. The van der Waals surface area contributed by atoms with Gasteiger partial charge < -0.3 is 28.2 Å². The molecule has 0 unspecified atom stereocenters. The van der Waals surface area contributed by atoms with E-state index in [-0.39, 0.29) is 17.2 Å². The van der Waals surface area contributed by atoms with E-state index in [0.29, 0.717) is 28.5 Å².